The molecule has 4 nitrogen and oxygen atoms in total. The Morgan fingerprint density at radius 3 is 2.86 bits per heavy atom. The molecule has 1 atom stereocenters. The highest BCUT2D eigenvalue weighted by molar-refractivity contribution is 7.80. The Morgan fingerprint density at radius 1 is 1.48 bits per heavy atom. The molecule has 112 valence electrons. The van der Waals surface area contributed by atoms with Gasteiger partial charge in [-0.3, -0.25) is 0 Å². The van der Waals surface area contributed by atoms with Crippen molar-refractivity contribution in [2.24, 2.45) is 0 Å². The third kappa shape index (κ3) is 4.96. The summed E-state index contributed by atoms with van der Waals surface area (Å²) in [6.07, 6.45) is 2.64. The van der Waals surface area contributed by atoms with E-state index in [1.54, 1.807) is 12.1 Å². The van der Waals surface area contributed by atoms with Gasteiger partial charge in [-0.2, -0.15) is 5.26 Å². The normalized spacial score (nSPS) is 17.2. The molecule has 0 aromatic heterocycles. The van der Waals surface area contributed by atoms with Crippen LogP contribution in [0.3, 0.4) is 0 Å². The molecule has 0 bridgehead atoms. The highest BCUT2D eigenvalue weighted by Gasteiger charge is 2.20. The number of hydrogen-bond acceptors (Lipinski definition) is 3. The topological polar surface area (TPSA) is 48.3 Å². The molecule has 0 unspecified atom stereocenters. The number of rotatable bonds is 5. The van der Waals surface area contributed by atoms with E-state index in [0.717, 1.165) is 25.1 Å². The molecule has 0 spiro atoms. The first-order chi connectivity index (χ1) is 10.2. The zero-order valence-corrected chi connectivity index (χ0v) is 12.5. The van der Waals surface area contributed by atoms with Crippen molar-refractivity contribution < 1.29 is 9.13 Å². The largest absolute Gasteiger partial charge is 0.376 e. The second-order valence-corrected chi connectivity index (χ2v) is 5.31. The zero-order chi connectivity index (χ0) is 15.1. The number of thiocarbonyl (C=S) groups is 1. The van der Waals surface area contributed by atoms with Gasteiger partial charge in [0.05, 0.1) is 18.6 Å². The highest BCUT2D eigenvalue weighted by atomic mass is 32.1. The lowest BCUT2D eigenvalue weighted by Crippen LogP contribution is -2.40. The molecular formula is C15H18FN3OS. The van der Waals surface area contributed by atoms with E-state index in [-0.39, 0.29) is 11.9 Å². The Morgan fingerprint density at radius 2 is 2.24 bits per heavy atom. The van der Waals surface area contributed by atoms with Crippen molar-refractivity contribution in [2.75, 3.05) is 25.0 Å². The highest BCUT2D eigenvalue weighted by Crippen LogP contribution is 2.15. The van der Waals surface area contributed by atoms with Crippen molar-refractivity contribution in [3.8, 4) is 6.07 Å². The van der Waals surface area contributed by atoms with E-state index < -0.39 is 0 Å². The van der Waals surface area contributed by atoms with Gasteiger partial charge in [0.25, 0.3) is 0 Å². The molecule has 1 fully saturated rings. The smallest absolute Gasteiger partial charge is 0.173 e. The Bertz CT molecular complexity index is 509. The molecule has 6 heteroatoms. The Labute approximate surface area is 129 Å². The summed E-state index contributed by atoms with van der Waals surface area (Å²) in [7, 11) is 0. The molecule has 0 radical (unpaired) electrons. The van der Waals surface area contributed by atoms with Gasteiger partial charge in [-0.1, -0.05) is 0 Å². The summed E-state index contributed by atoms with van der Waals surface area (Å²) in [6.45, 7) is 2.02. The van der Waals surface area contributed by atoms with E-state index >= 15 is 0 Å². The minimum absolute atomic E-state index is 0.164. The maximum absolute atomic E-state index is 12.9. The van der Waals surface area contributed by atoms with Crippen LogP contribution < -0.4 is 5.32 Å². The van der Waals surface area contributed by atoms with Crippen molar-refractivity contribution in [3.05, 3.63) is 30.1 Å². The molecule has 0 aliphatic carbocycles. The third-order valence-electron chi connectivity index (χ3n) is 3.32. The predicted molar refractivity (Wildman–Crippen MR) is 83.4 cm³/mol. The van der Waals surface area contributed by atoms with Crippen molar-refractivity contribution in [1.82, 2.24) is 4.90 Å². The van der Waals surface area contributed by atoms with Crippen LogP contribution in [-0.4, -0.2) is 35.8 Å². The summed E-state index contributed by atoms with van der Waals surface area (Å²) in [4.78, 5) is 1.94. The van der Waals surface area contributed by atoms with E-state index in [4.69, 9.17) is 22.2 Å². The molecule has 0 amide bonds. The first-order valence-electron chi connectivity index (χ1n) is 6.99. The quantitative estimate of drug-likeness (QED) is 0.848. The summed E-state index contributed by atoms with van der Waals surface area (Å²) in [6, 6.07) is 8.16. The molecule has 2 rings (SSSR count). The summed E-state index contributed by atoms with van der Waals surface area (Å²) in [5, 5.41) is 12.4. The number of anilines is 1. The number of benzene rings is 1. The molecule has 1 aliphatic heterocycles. The van der Waals surface area contributed by atoms with Gasteiger partial charge in [-0.15, -0.1) is 0 Å². The number of nitrogens with one attached hydrogen (secondary N) is 1. The molecule has 1 aromatic rings. The first kappa shape index (κ1) is 15.7. The molecule has 1 heterocycles. The van der Waals surface area contributed by atoms with Gasteiger partial charge in [0, 0.05) is 25.4 Å². The van der Waals surface area contributed by atoms with Crippen LogP contribution in [0, 0.1) is 17.1 Å². The van der Waals surface area contributed by atoms with Gasteiger partial charge in [-0.05, 0) is 49.3 Å². The fourth-order valence-corrected chi connectivity index (χ4v) is 2.51. The third-order valence-corrected chi connectivity index (χ3v) is 3.68. The maximum Gasteiger partial charge on any atom is 0.173 e. The van der Waals surface area contributed by atoms with Gasteiger partial charge < -0.3 is 15.0 Å². The summed E-state index contributed by atoms with van der Waals surface area (Å²) >= 11 is 5.39. The van der Waals surface area contributed by atoms with Crippen LogP contribution in [0.4, 0.5) is 10.1 Å². The zero-order valence-electron chi connectivity index (χ0n) is 11.7. The second-order valence-electron chi connectivity index (χ2n) is 4.93. The first-order valence-corrected chi connectivity index (χ1v) is 7.40. The predicted octanol–water partition coefficient (Wildman–Crippen LogP) is 2.92. The fraction of sp³-hybridized carbons (Fsp3) is 0.467. The molecule has 1 aliphatic rings. The molecular weight excluding hydrogens is 289 g/mol. The summed E-state index contributed by atoms with van der Waals surface area (Å²) in [5.41, 5.74) is 0.732. The van der Waals surface area contributed by atoms with Crippen LogP contribution >= 0.6 is 12.2 Å². The van der Waals surface area contributed by atoms with Gasteiger partial charge in [-0.25, -0.2) is 4.39 Å². The molecule has 1 aromatic carbocycles. The van der Waals surface area contributed by atoms with Gasteiger partial charge in [0.2, 0.25) is 0 Å². The monoisotopic (exact) mass is 307 g/mol. The van der Waals surface area contributed by atoms with E-state index in [0.29, 0.717) is 24.6 Å². The van der Waals surface area contributed by atoms with Crippen LogP contribution in [-0.2, 0) is 4.74 Å². The SMILES string of the molecule is N#CCCN(C[C@@H]1CCCO1)C(=S)Nc1ccc(F)cc1. The average Bonchev–Trinajstić information content (AvgIpc) is 2.98. The minimum Gasteiger partial charge on any atom is -0.376 e. The minimum atomic E-state index is -0.285. The second kappa shape index (κ2) is 7.91. The molecule has 21 heavy (non-hydrogen) atoms. The lowest BCUT2D eigenvalue weighted by Gasteiger charge is -2.27. The van der Waals surface area contributed by atoms with Gasteiger partial charge in [0.1, 0.15) is 5.82 Å². The standard InChI is InChI=1S/C15H18FN3OS/c16-12-4-6-13(7-5-12)18-15(21)19(9-2-8-17)11-14-3-1-10-20-14/h4-7,14H,1-3,9-11H2,(H,18,21)/t14-/m0/s1. The van der Waals surface area contributed by atoms with Crippen molar-refractivity contribution in [1.29, 1.82) is 5.26 Å². The number of ether oxygens (including phenoxy) is 1. The summed E-state index contributed by atoms with van der Waals surface area (Å²) < 4.78 is 18.5. The molecule has 1 N–H and O–H groups in total. The summed E-state index contributed by atoms with van der Waals surface area (Å²) in [5.74, 6) is -0.285. The van der Waals surface area contributed by atoms with Gasteiger partial charge >= 0.3 is 0 Å². The Balaban J connectivity index is 1.95. The molecule has 0 saturated carbocycles. The lowest BCUT2D eigenvalue weighted by molar-refractivity contribution is 0.0922. The van der Waals surface area contributed by atoms with Crippen molar-refractivity contribution in [3.63, 3.8) is 0 Å². The molecule has 1 saturated heterocycles. The average molecular weight is 307 g/mol. The van der Waals surface area contributed by atoms with E-state index in [2.05, 4.69) is 11.4 Å². The van der Waals surface area contributed by atoms with Crippen LogP contribution in [0.5, 0.6) is 0 Å². The number of hydrogen-bond donors (Lipinski definition) is 1. The Kier molecular flexibility index (Phi) is 5.90. The van der Waals surface area contributed by atoms with Crippen LogP contribution in [0.15, 0.2) is 24.3 Å². The van der Waals surface area contributed by atoms with Crippen LogP contribution in [0.2, 0.25) is 0 Å². The fourth-order valence-electron chi connectivity index (χ4n) is 2.23. The number of nitriles is 1. The Hall–Kier alpha value is -1.71. The van der Waals surface area contributed by atoms with E-state index in [1.165, 1.54) is 12.1 Å². The van der Waals surface area contributed by atoms with Crippen LogP contribution in [0.1, 0.15) is 19.3 Å². The number of nitrogens with zero attached hydrogens (tertiary/aromatic N) is 2. The van der Waals surface area contributed by atoms with E-state index in [1.807, 2.05) is 4.90 Å². The maximum atomic E-state index is 12.9. The van der Waals surface area contributed by atoms with Crippen LogP contribution in [0.25, 0.3) is 0 Å². The number of halogens is 1. The van der Waals surface area contributed by atoms with Gasteiger partial charge in [0.15, 0.2) is 5.11 Å². The van der Waals surface area contributed by atoms with Crippen molar-refractivity contribution >= 4 is 23.0 Å². The van der Waals surface area contributed by atoms with Crippen molar-refractivity contribution in [2.45, 2.75) is 25.4 Å². The van der Waals surface area contributed by atoms with E-state index in [9.17, 15) is 4.39 Å². The lowest BCUT2D eigenvalue weighted by atomic mass is 10.2.